The van der Waals surface area contributed by atoms with Gasteiger partial charge in [0.1, 0.15) is 10.7 Å². The smallest absolute Gasteiger partial charge is 0.285 e. The lowest BCUT2D eigenvalue weighted by molar-refractivity contribution is -0.126. The van der Waals surface area contributed by atoms with Crippen LogP contribution in [-0.2, 0) is 21.2 Å². The molecule has 2 aliphatic heterocycles. The predicted octanol–water partition coefficient (Wildman–Crippen LogP) is 2.35. The van der Waals surface area contributed by atoms with E-state index in [1.54, 1.807) is 36.4 Å². The number of halogens is 1. The summed E-state index contributed by atoms with van der Waals surface area (Å²) in [4.78, 5) is 14.7. The molecular formula is C21H22FN3O3S. The van der Waals surface area contributed by atoms with Crippen molar-refractivity contribution in [1.82, 2.24) is 10.2 Å². The van der Waals surface area contributed by atoms with Gasteiger partial charge in [0, 0.05) is 31.1 Å². The predicted molar refractivity (Wildman–Crippen MR) is 108 cm³/mol. The second-order valence-electron chi connectivity index (χ2n) is 7.31. The Kier molecular flexibility index (Phi) is 5.36. The van der Waals surface area contributed by atoms with E-state index in [4.69, 9.17) is 0 Å². The topological polar surface area (TPSA) is 78.8 Å². The molecule has 29 heavy (non-hydrogen) atoms. The van der Waals surface area contributed by atoms with Gasteiger partial charge in [-0.05, 0) is 49.1 Å². The van der Waals surface area contributed by atoms with Crippen LogP contribution in [0, 0.1) is 11.7 Å². The van der Waals surface area contributed by atoms with Gasteiger partial charge in [-0.15, -0.1) is 4.40 Å². The Labute approximate surface area is 169 Å². The van der Waals surface area contributed by atoms with Crippen LogP contribution in [0.2, 0.25) is 0 Å². The highest BCUT2D eigenvalue weighted by Crippen LogP contribution is 2.29. The highest BCUT2D eigenvalue weighted by atomic mass is 32.2. The molecule has 8 heteroatoms. The Bertz CT molecular complexity index is 1040. The number of likely N-dealkylation sites (tertiary alicyclic amines) is 1. The van der Waals surface area contributed by atoms with Crippen molar-refractivity contribution in [2.45, 2.75) is 24.2 Å². The minimum absolute atomic E-state index is 0.00754. The number of sulfonamides is 1. The number of benzene rings is 2. The first-order valence-corrected chi connectivity index (χ1v) is 11.1. The second kappa shape index (κ2) is 7.94. The summed E-state index contributed by atoms with van der Waals surface area (Å²) in [5, 5.41) is 2.95. The molecule has 0 bridgehead atoms. The third-order valence-electron chi connectivity index (χ3n) is 5.40. The molecule has 0 radical (unpaired) electrons. The van der Waals surface area contributed by atoms with E-state index >= 15 is 0 Å². The number of hydrogen-bond acceptors (Lipinski definition) is 4. The third kappa shape index (κ3) is 4.17. The summed E-state index contributed by atoms with van der Waals surface area (Å²) < 4.78 is 41.4. The van der Waals surface area contributed by atoms with Crippen molar-refractivity contribution in [3.63, 3.8) is 0 Å². The molecule has 1 saturated heterocycles. The molecule has 0 aromatic heterocycles. The van der Waals surface area contributed by atoms with E-state index in [1.165, 1.54) is 12.1 Å². The van der Waals surface area contributed by atoms with E-state index in [2.05, 4.69) is 9.71 Å². The Balaban J connectivity index is 1.30. The minimum Gasteiger partial charge on any atom is -0.356 e. The lowest BCUT2D eigenvalue weighted by atomic mass is 9.95. The number of carbonyl (C=O) groups excluding carboxylic acids is 1. The van der Waals surface area contributed by atoms with Crippen molar-refractivity contribution in [3.05, 3.63) is 65.5 Å². The number of carbonyl (C=O) groups is 1. The molecule has 2 aliphatic rings. The molecule has 1 N–H and O–H groups in total. The number of nitrogens with zero attached hydrogens (tertiary/aromatic N) is 2. The van der Waals surface area contributed by atoms with E-state index in [0.29, 0.717) is 50.3 Å². The zero-order valence-electron chi connectivity index (χ0n) is 15.8. The van der Waals surface area contributed by atoms with E-state index in [0.717, 1.165) is 5.56 Å². The molecule has 152 valence electrons. The minimum atomic E-state index is -3.63. The summed E-state index contributed by atoms with van der Waals surface area (Å²) in [5.41, 5.74) is 1.61. The Morgan fingerprint density at radius 2 is 1.79 bits per heavy atom. The maximum absolute atomic E-state index is 12.9. The highest BCUT2D eigenvalue weighted by Gasteiger charge is 2.34. The van der Waals surface area contributed by atoms with Crippen molar-refractivity contribution in [2.24, 2.45) is 10.3 Å². The SMILES string of the molecule is O=C(NCCc1ccc(F)cc1)C1CCN(C2=NS(=O)(=O)c3ccccc32)CC1. The molecule has 0 atom stereocenters. The van der Waals surface area contributed by atoms with Gasteiger partial charge in [-0.2, -0.15) is 8.42 Å². The van der Waals surface area contributed by atoms with Gasteiger partial charge in [-0.25, -0.2) is 4.39 Å². The fourth-order valence-corrected chi connectivity index (χ4v) is 5.02. The van der Waals surface area contributed by atoms with Gasteiger partial charge < -0.3 is 10.2 Å². The fourth-order valence-electron chi connectivity index (χ4n) is 3.80. The van der Waals surface area contributed by atoms with Crippen molar-refractivity contribution in [2.75, 3.05) is 19.6 Å². The molecule has 2 aromatic rings. The largest absolute Gasteiger partial charge is 0.356 e. The first-order chi connectivity index (χ1) is 13.9. The average molecular weight is 415 g/mol. The summed E-state index contributed by atoms with van der Waals surface area (Å²) in [6, 6.07) is 13.1. The maximum Gasteiger partial charge on any atom is 0.285 e. The molecule has 4 rings (SSSR count). The number of hydrogen-bond donors (Lipinski definition) is 1. The van der Waals surface area contributed by atoms with Gasteiger partial charge >= 0.3 is 0 Å². The molecule has 0 spiro atoms. The van der Waals surface area contributed by atoms with Crippen LogP contribution in [0.1, 0.15) is 24.0 Å². The van der Waals surface area contributed by atoms with E-state index in [1.807, 2.05) is 4.90 Å². The Morgan fingerprint density at radius 1 is 1.10 bits per heavy atom. The summed E-state index contributed by atoms with van der Waals surface area (Å²) in [6.07, 6.45) is 1.93. The number of rotatable bonds is 4. The molecule has 1 amide bonds. The molecule has 0 saturated carbocycles. The lowest BCUT2D eigenvalue weighted by Gasteiger charge is -2.32. The molecular weight excluding hydrogens is 393 g/mol. The molecule has 2 aromatic carbocycles. The van der Waals surface area contributed by atoms with E-state index in [-0.39, 0.29) is 22.5 Å². The van der Waals surface area contributed by atoms with Crippen LogP contribution < -0.4 is 5.32 Å². The van der Waals surface area contributed by atoms with Crippen LogP contribution in [0.3, 0.4) is 0 Å². The quantitative estimate of drug-likeness (QED) is 0.832. The fraction of sp³-hybridized carbons (Fsp3) is 0.333. The molecule has 2 heterocycles. The third-order valence-corrected chi connectivity index (χ3v) is 6.73. The molecule has 6 nitrogen and oxygen atoms in total. The lowest BCUT2D eigenvalue weighted by Crippen LogP contribution is -2.43. The molecule has 0 unspecified atom stereocenters. The number of piperidine rings is 1. The van der Waals surface area contributed by atoms with Crippen LogP contribution >= 0.6 is 0 Å². The summed E-state index contributed by atoms with van der Waals surface area (Å²) in [7, 11) is -3.63. The van der Waals surface area contributed by atoms with Gasteiger partial charge in [0.05, 0.1) is 0 Å². The number of amidine groups is 1. The van der Waals surface area contributed by atoms with Gasteiger partial charge in [-0.3, -0.25) is 4.79 Å². The maximum atomic E-state index is 12.9. The zero-order valence-corrected chi connectivity index (χ0v) is 16.7. The van der Waals surface area contributed by atoms with Crippen molar-refractivity contribution in [3.8, 4) is 0 Å². The van der Waals surface area contributed by atoms with Crippen LogP contribution in [0.15, 0.2) is 57.8 Å². The standard InChI is InChI=1S/C21H22FN3O3S/c22-17-7-5-15(6-8-17)9-12-23-21(26)16-10-13-25(14-11-16)20-18-3-1-2-4-19(18)29(27,28)24-20/h1-8,16H,9-14H2,(H,23,26). The number of amides is 1. The van der Waals surface area contributed by atoms with Crippen molar-refractivity contribution < 1.29 is 17.6 Å². The van der Waals surface area contributed by atoms with E-state index < -0.39 is 10.0 Å². The molecule has 1 fully saturated rings. The van der Waals surface area contributed by atoms with Crippen molar-refractivity contribution in [1.29, 1.82) is 0 Å². The van der Waals surface area contributed by atoms with Gasteiger partial charge in [0.25, 0.3) is 10.0 Å². The summed E-state index contributed by atoms with van der Waals surface area (Å²) in [5.74, 6) is 0.115. The van der Waals surface area contributed by atoms with Crippen LogP contribution in [-0.4, -0.2) is 44.7 Å². The first-order valence-electron chi connectivity index (χ1n) is 9.65. The highest BCUT2D eigenvalue weighted by molar-refractivity contribution is 7.90. The van der Waals surface area contributed by atoms with Gasteiger partial charge in [-0.1, -0.05) is 24.3 Å². The van der Waals surface area contributed by atoms with Gasteiger partial charge in [0.2, 0.25) is 5.91 Å². The number of fused-ring (bicyclic) bond motifs is 1. The average Bonchev–Trinajstić information content (AvgIpc) is 3.01. The Morgan fingerprint density at radius 3 is 2.52 bits per heavy atom. The first kappa shape index (κ1) is 19.6. The normalized spacial score (nSPS) is 18.2. The number of nitrogens with one attached hydrogen (secondary N) is 1. The summed E-state index contributed by atoms with van der Waals surface area (Å²) in [6.45, 7) is 1.67. The van der Waals surface area contributed by atoms with Crippen LogP contribution in [0.25, 0.3) is 0 Å². The van der Waals surface area contributed by atoms with Gasteiger partial charge in [0.15, 0.2) is 5.84 Å². The van der Waals surface area contributed by atoms with E-state index in [9.17, 15) is 17.6 Å². The van der Waals surface area contributed by atoms with Crippen LogP contribution in [0.4, 0.5) is 4.39 Å². The zero-order chi connectivity index (χ0) is 20.4. The summed E-state index contributed by atoms with van der Waals surface area (Å²) >= 11 is 0. The Hall–Kier alpha value is -2.74. The monoisotopic (exact) mass is 415 g/mol. The van der Waals surface area contributed by atoms with Crippen molar-refractivity contribution >= 4 is 21.8 Å². The molecule has 0 aliphatic carbocycles. The van der Waals surface area contributed by atoms with Crippen LogP contribution in [0.5, 0.6) is 0 Å². The second-order valence-corrected chi connectivity index (χ2v) is 8.89.